The molecule has 2 aromatic rings. The number of nitrogens with two attached hydrogens (primary N) is 1. The van der Waals surface area contributed by atoms with Crippen molar-refractivity contribution in [3.8, 4) is 11.4 Å². The van der Waals surface area contributed by atoms with Gasteiger partial charge in [0.25, 0.3) is 0 Å². The largest absolute Gasteiger partial charge is 0.396 e. The number of thioether (sulfide) groups is 1. The predicted molar refractivity (Wildman–Crippen MR) is 91.7 cm³/mol. The predicted octanol–water partition coefficient (Wildman–Crippen LogP) is 3.08. The minimum Gasteiger partial charge on any atom is -0.396 e. The van der Waals surface area contributed by atoms with Gasteiger partial charge in [0.05, 0.1) is 23.8 Å². The summed E-state index contributed by atoms with van der Waals surface area (Å²) in [6.45, 7) is 2.75. The van der Waals surface area contributed by atoms with Crippen molar-refractivity contribution in [1.82, 2.24) is 9.97 Å². The molecule has 1 saturated heterocycles. The van der Waals surface area contributed by atoms with Gasteiger partial charge in [0.2, 0.25) is 0 Å². The Labute approximate surface area is 143 Å². The highest BCUT2D eigenvalue weighted by molar-refractivity contribution is 7.98. The van der Waals surface area contributed by atoms with Gasteiger partial charge >= 0.3 is 0 Å². The molecule has 0 radical (unpaired) electrons. The number of rotatable bonds is 3. The van der Waals surface area contributed by atoms with Gasteiger partial charge < -0.3 is 15.4 Å². The van der Waals surface area contributed by atoms with E-state index in [2.05, 4.69) is 14.9 Å². The van der Waals surface area contributed by atoms with Gasteiger partial charge in [-0.2, -0.15) is 0 Å². The SMILES string of the molecule is CSc1c(Cl)nc(-c2ccc(N)c(F)c2)nc1N1CCOCC1. The second kappa shape index (κ2) is 6.90. The van der Waals surface area contributed by atoms with Gasteiger partial charge in [-0.3, -0.25) is 0 Å². The zero-order chi connectivity index (χ0) is 16.4. The summed E-state index contributed by atoms with van der Waals surface area (Å²) in [4.78, 5) is 11.8. The average Bonchev–Trinajstić information content (AvgIpc) is 2.57. The van der Waals surface area contributed by atoms with Gasteiger partial charge in [0.15, 0.2) is 5.82 Å². The molecule has 8 heteroatoms. The van der Waals surface area contributed by atoms with E-state index in [1.54, 1.807) is 6.07 Å². The van der Waals surface area contributed by atoms with Gasteiger partial charge in [-0.1, -0.05) is 11.6 Å². The number of hydrogen-bond acceptors (Lipinski definition) is 6. The van der Waals surface area contributed by atoms with Crippen molar-refractivity contribution in [1.29, 1.82) is 0 Å². The van der Waals surface area contributed by atoms with Crippen molar-refractivity contribution in [3.63, 3.8) is 0 Å². The summed E-state index contributed by atoms with van der Waals surface area (Å²) in [7, 11) is 0. The van der Waals surface area contributed by atoms with Crippen LogP contribution in [0.2, 0.25) is 5.15 Å². The lowest BCUT2D eigenvalue weighted by Gasteiger charge is -2.29. The molecule has 0 atom stereocenters. The molecule has 2 N–H and O–H groups in total. The summed E-state index contributed by atoms with van der Waals surface area (Å²) >= 11 is 7.82. The first-order valence-corrected chi connectivity index (χ1v) is 8.70. The summed E-state index contributed by atoms with van der Waals surface area (Å²) in [5.74, 6) is 0.644. The highest BCUT2D eigenvalue weighted by Crippen LogP contribution is 2.35. The van der Waals surface area contributed by atoms with Gasteiger partial charge in [-0.25, -0.2) is 14.4 Å². The van der Waals surface area contributed by atoms with E-state index < -0.39 is 5.82 Å². The minimum absolute atomic E-state index is 0.0917. The van der Waals surface area contributed by atoms with Crippen molar-refractivity contribution in [3.05, 3.63) is 29.2 Å². The van der Waals surface area contributed by atoms with Crippen molar-refractivity contribution in [2.24, 2.45) is 0 Å². The van der Waals surface area contributed by atoms with Gasteiger partial charge in [-0.05, 0) is 24.5 Å². The van der Waals surface area contributed by atoms with E-state index in [9.17, 15) is 4.39 Å². The number of nitrogens with zero attached hydrogens (tertiary/aromatic N) is 3. The lowest BCUT2D eigenvalue weighted by atomic mass is 10.2. The van der Waals surface area contributed by atoms with Gasteiger partial charge in [-0.15, -0.1) is 11.8 Å². The summed E-state index contributed by atoms with van der Waals surface area (Å²) in [6.07, 6.45) is 1.93. The number of benzene rings is 1. The monoisotopic (exact) mass is 354 g/mol. The first-order chi connectivity index (χ1) is 11.1. The Morgan fingerprint density at radius 1 is 1.30 bits per heavy atom. The fraction of sp³-hybridized carbons (Fsp3) is 0.333. The normalized spacial score (nSPS) is 15.0. The van der Waals surface area contributed by atoms with Crippen LogP contribution in [0.1, 0.15) is 0 Å². The number of ether oxygens (including phenoxy) is 1. The van der Waals surface area contributed by atoms with Crippen molar-refractivity contribution < 1.29 is 9.13 Å². The molecule has 3 rings (SSSR count). The number of hydrogen-bond donors (Lipinski definition) is 1. The van der Waals surface area contributed by atoms with Gasteiger partial charge in [0, 0.05) is 18.7 Å². The fourth-order valence-electron chi connectivity index (χ4n) is 2.37. The summed E-state index contributed by atoms with van der Waals surface area (Å²) in [6, 6.07) is 4.51. The second-order valence-corrected chi connectivity index (χ2v) is 6.21. The lowest BCUT2D eigenvalue weighted by Crippen LogP contribution is -2.37. The molecular weight excluding hydrogens is 339 g/mol. The first kappa shape index (κ1) is 16.3. The van der Waals surface area contributed by atoms with Crippen LogP contribution in [0.5, 0.6) is 0 Å². The average molecular weight is 355 g/mol. The molecule has 0 saturated carbocycles. The molecular formula is C15H16ClFN4OS. The zero-order valence-electron chi connectivity index (χ0n) is 12.6. The second-order valence-electron chi connectivity index (χ2n) is 5.03. The molecule has 1 aliphatic heterocycles. The Morgan fingerprint density at radius 2 is 2.04 bits per heavy atom. The quantitative estimate of drug-likeness (QED) is 0.519. The van der Waals surface area contributed by atoms with E-state index in [1.165, 1.54) is 23.9 Å². The van der Waals surface area contributed by atoms with Crippen LogP contribution in [0, 0.1) is 5.82 Å². The van der Waals surface area contributed by atoms with Crippen molar-refractivity contribution in [2.75, 3.05) is 43.2 Å². The Morgan fingerprint density at radius 3 is 2.70 bits per heavy atom. The fourth-order valence-corrected chi connectivity index (χ4v) is 3.34. The Hall–Kier alpha value is -1.57. The van der Waals surface area contributed by atoms with E-state index >= 15 is 0 Å². The number of halogens is 2. The Balaban J connectivity index is 2.07. The summed E-state index contributed by atoms with van der Waals surface area (Å²) < 4.78 is 19.1. The molecule has 1 aromatic heterocycles. The van der Waals surface area contributed by atoms with Crippen LogP contribution in [-0.4, -0.2) is 42.5 Å². The number of aromatic nitrogens is 2. The molecule has 1 fully saturated rings. The third-order valence-electron chi connectivity index (χ3n) is 3.58. The molecule has 0 bridgehead atoms. The maximum absolute atomic E-state index is 13.7. The smallest absolute Gasteiger partial charge is 0.163 e. The molecule has 122 valence electrons. The summed E-state index contributed by atoms with van der Waals surface area (Å²) in [5, 5.41) is 0.362. The third-order valence-corrected chi connectivity index (χ3v) is 4.75. The Kier molecular flexibility index (Phi) is 4.89. The lowest BCUT2D eigenvalue weighted by molar-refractivity contribution is 0.122. The highest BCUT2D eigenvalue weighted by Gasteiger charge is 2.21. The van der Waals surface area contributed by atoms with Crippen LogP contribution >= 0.6 is 23.4 Å². The van der Waals surface area contributed by atoms with Gasteiger partial charge in [0.1, 0.15) is 16.8 Å². The molecule has 0 unspecified atom stereocenters. The maximum atomic E-state index is 13.7. The van der Waals surface area contributed by atoms with Crippen LogP contribution in [-0.2, 0) is 4.74 Å². The molecule has 0 spiro atoms. The van der Waals surface area contributed by atoms with E-state index in [1.807, 2.05) is 6.26 Å². The summed E-state index contributed by atoms with van der Waals surface area (Å²) in [5.41, 5.74) is 6.16. The van der Waals surface area contributed by atoms with Crippen molar-refractivity contribution >= 4 is 34.9 Å². The molecule has 1 aromatic carbocycles. The number of nitrogen functional groups attached to an aromatic ring is 1. The van der Waals surface area contributed by atoms with E-state index in [0.29, 0.717) is 29.8 Å². The van der Waals surface area contributed by atoms with Crippen LogP contribution in [0.3, 0.4) is 0 Å². The molecule has 23 heavy (non-hydrogen) atoms. The minimum atomic E-state index is -0.496. The molecule has 5 nitrogen and oxygen atoms in total. The third kappa shape index (κ3) is 3.36. The topological polar surface area (TPSA) is 64.3 Å². The number of anilines is 2. The van der Waals surface area contributed by atoms with E-state index in [-0.39, 0.29) is 5.69 Å². The zero-order valence-corrected chi connectivity index (χ0v) is 14.1. The van der Waals surface area contributed by atoms with E-state index in [0.717, 1.165) is 23.8 Å². The Bertz CT molecular complexity index is 725. The van der Waals surface area contributed by atoms with Crippen molar-refractivity contribution in [2.45, 2.75) is 4.90 Å². The maximum Gasteiger partial charge on any atom is 0.163 e. The van der Waals surface area contributed by atoms with Crippen LogP contribution < -0.4 is 10.6 Å². The molecule has 0 aliphatic carbocycles. The molecule has 0 amide bonds. The van der Waals surface area contributed by atoms with Crippen LogP contribution in [0.15, 0.2) is 23.1 Å². The first-order valence-electron chi connectivity index (χ1n) is 7.09. The number of morpholine rings is 1. The highest BCUT2D eigenvalue weighted by atomic mass is 35.5. The van der Waals surface area contributed by atoms with Crippen LogP contribution in [0.25, 0.3) is 11.4 Å². The van der Waals surface area contributed by atoms with E-state index in [4.69, 9.17) is 22.1 Å². The van der Waals surface area contributed by atoms with Crippen LogP contribution in [0.4, 0.5) is 15.9 Å². The molecule has 1 aliphatic rings. The molecule has 2 heterocycles. The standard InChI is InChI=1S/C15H16ClFN4OS/c1-23-12-13(16)19-14(9-2-3-11(18)10(17)8-9)20-15(12)21-4-6-22-7-5-21/h2-3,8H,4-7,18H2,1H3.